The summed E-state index contributed by atoms with van der Waals surface area (Å²) in [5.41, 5.74) is 1.37. The first-order valence-corrected chi connectivity index (χ1v) is 13.2. The van der Waals surface area contributed by atoms with Crippen LogP contribution < -0.4 is 15.4 Å². The Hall–Kier alpha value is -3.91. The number of nitriles is 1. The number of nitrogens with one attached hydrogen (secondary N) is 3. The van der Waals surface area contributed by atoms with Gasteiger partial charge in [0.15, 0.2) is 0 Å². The summed E-state index contributed by atoms with van der Waals surface area (Å²) in [6, 6.07) is 13.7. The number of urea groups is 1. The van der Waals surface area contributed by atoms with Crippen LogP contribution in [-0.4, -0.2) is 55.5 Å². The molecule has 2 aliphatic rings. The molecule has 4 amide bonds. The summed E-state index contributed by atoms with van der Waals surface area (Å²) in [6.07, 6.45) is 1.57. The Kier molecular flexibility index (Phi) is 6.73. The largest absolute Gasteiger partial charge is 0.339 e. The number of anilines is 1. The standard InChI is InChI=1S/C25H27N5O5S/c1-16-3-6-20(13-21(16)29-36(34,35)15-25(2)23(32)27-24(33)28-25)22(31)30-11-9-19(10-12-30)18-7-4-17(14-26)5-8-18/h3-8,13,19,29H,9-12,15H2,1-2H3,(H2,27,28,32,33)/t25-/m1/s1. The molecule has 0 bridgehead atoms. The van der Waals surface area contributed by atoms with Crippen LogP contribution in [0.2, 0.25) is 0 Å². The number of nitrogens with zero attached hydrogens (tertiary/aromatic N) is 2. The molecule has 0 aromatic heterocycles. The lowest BCUT2D eigenvalue weighted by molar-refractivity contribution is -0.122. The predicted molar refractivity (Wildman–Crippen MR) is 133 cm³/mol. The van der Waals surface area contributed by atoms with E-state index in [9.17, 15) is 22.8 Å². The minimum absolute atomic E-state index is 0.192. The maximum absolute atomic E-state index is 13.2. The number of amides is 4. The van der Waals surface area contributed by atoms with Crippen LogP contribution in [0, 0.1) is 18.3 Å². The molecule has 4 rings (SSSR count). The molecule has 0 unspecified atom stereocenters. The summed E-state index contributed by atoms with van der Waals surface area (Å²) < 4.78 is 28.1. The van der Waals surface area contributed by atoms with Crippen LogP contribution in [-0.2, 0) is 14.8 Å². The van der Waals surface area contributed by atoms with Crippen molar-refractivity contribution in [3.05, 3.63) is 64.7 Å². The highest BCUT2D eigenvalue weighted by molar-refractivity contribution is 7.92. The SMILES string of the molecule is Cc1ccc(C(=O)N2CCC(c3ccc(C#N)cc3)CC2)cc1NS(=O)(=O)C[C@@]1(C)NC(=O)NC1=O. The highest BCUT2D eigenvalue weighted by Gasteiger charge is 2.45. The topological polar surface area (TPSA) is 148 Å². The lowest BCUT2D eigenvalue weighted by Gasteiger charge is -2.32. The second kappa shape index (κ2) is 9.62. The zero-order chi connectivity index (χ0) is 26.1. The van der Waals surface area contributed by atoms with Crippen molar-refractivity contribution in [3.8, 4) is 6.07 Å². The van der Waals surface area contributed by atoms with Gasteiger partial charge in [-0.25, -0.2) is 13.2 Å². The summed E-state index contributed by atoms with van der Waals surface area (Å²) in [4.78, 5) is 38.4. The van der Waals surface area contributed by atoms with Crippen molar-refractivity contribution in [1.82, 2.24) is 15.5 Å². The van der Waals surface area contributed by atoms with Gasteiger partial charge in [0.1, 0.15) is 11.3 Å². The maximum Gasteiger partial charge on any atom is 0.322 e. The number of carbonyl (C=O) groups is 3. The van der Waals surface area contributed by atoms with E-state index in [2.05, 4.69) is 16.1 Å². The quantitative estimate of drug-likeness (QED) is 0.509. The summed E-state index contributed by atoms with van der Waals surface area (Å²) >= 11 is 0. The monoisotopic (exact) mass is 509 g/mol. The number of likely N-dealkylation sites (tertiary alicyclic amines) is 1. The van der Waals surface area contributed by atoms with Crippen molar-refractivity contribution in [2.45, 2.75) is 38.1 Å². The molecule has 1 atom stereocenters. The molecule has 0 radical (unpaired) electrons. The average Bonchev–Trinajstić information content (AvgIpc) is 3.09. The molecule has 10 nitrogen and oxygen atoms in total. The Balaban J connectivity index is 1.42. The Labute approximate surface area is 209 Å². The average molecular weight is 510 g/mol. The van der Waals surface area contributed by atoms with Crippen LogP contribution in [0.25, 0.3) is 0 Å². The van der Waals surface area contributed by atoms with Crippen molar-refractivity contribution in [2.75, 3.05) is 23.6 Å². The van der Waals surface area contributed by atoms with Gasteiger partial charge in [-0.3, -0.25) is 19.6 Å². The van der Waals surface area contributed by atoms with Gasteiger partial charge in [-0.05, 0) is 68.0 Å². The van der Waals surface area contributed by atoms with Gasteiger partial charge in [-0.2, -0.15) is 5.26 Å². The molecule has 2 heterocycles. The number of benzene rings is 2. The lowest BCUT2D eigenvalue weighted by atomic mass is 9.89. The zero-order valence-corrected chi connectivity index (χ0v) is 20.8. The molecule has 2 saturated heterocycles. The van der Waals surface area contributed by atoms with Gasteiger partial charge >= 0.3 is 6.03 Å². The number of sulfonamides is 1. The predicted octanol–water partition coefficient (Wildman–Crippen LogP) is 2.23. The number of imide groups is 1. The van der Waals surface area contributed by atoms with Crippen molar-refractivity contribution >= 4 is 33.6 Å². The minimum atomic E-state index is -4.04. The fourth-order valence-corrected chi connectivity index (χ4v) is 6.15. The molecule has 0 aliphatic carbocycles. The Morgan fingerprint density at radius 2 is 1.83 bits per heavy atom. The molecule has 2 fully saturated rings. The van der Waals surface area contributed by atoms with E-state index in [1.165, 1.54) is 13.0 Å². The van der Waals surface area contributed by atoms with E-state index in [1.807, 2.05) is 17.4 Å². The van der Waals surface area contributed by atoms with Crippen molar-refractivity contribution in [2.24, 2.45) is 0 Å². The number of piperidine rings is 1. The summed E-state index contributed by atoms with van der Waals surface area (Å²) in [7, 11) is -4.04. The normalized spacial score (nSPS) is 20.4. The van der Waals surface area contributed by atoms with Crippen LogP contribution in [0.4, 0.5) is 10.5 Å². The number of carbonyl (C=O) groups excluding carboxylic acids is 3. The van der Waals surface area contributed by atoms with E-state index in [4.69, 9.17) is 5.26 Å². The third-order valence-electron chi connectivity index (χ3n) is 6.64. The maximum atomic E-state index is 13.2. The van der Waals surface area contributed by atoms with Crippen LogP contribution in [0.3, 0.4) is 0 Å². The van der Waals surface area contributed by atoms with E-state index >= 15 is 0 Å². The molecule has 2 aromatic rings. The summed E-state index contributed by atoms with van der Waals surface area (Å²) in [5, 5.41) is 13.4. The second-order valence-electron chi connectivity index (χ2n) is 9.43. The smallest absolute Gasteiger partial charge is 0.322 e. The molecule has 3 N–H and O–H groups in total. The molecular weight excluding hydrogens is 482 g/mol. The van der Waals surface area contributed by atoms with Gasteiger partial charge in [-0.1, -0.05) is 18.2 Å². The van der Waals surface area contributed by atoms with Gasteiger partial charge in [-0.15, -0.1) is 0 Å². The molecule has 36 heavy (non-hydrogen) atoms. The van der Waals surface area contributed by atoms with Crippen molar-refractivity contribution < 1.29 is 22.8 Å². The zero-order valence-electron chi connectivity index (χ0n) is 20.0. The van der Waals surface area contributed by atoms with Crippen molar-refractivity contribution in [1.29, 1.82) is 5.26 Å². The van der Waals surface area contributed by atoms with Crippen LogP contribution in [0.5, 0.6) is 0 Å². The van der Waals surface area contributed by atoms with Crippen LogP contribution in [0.15, 0.2) is 42.5 Å². The first kappa shape index (κ1) is 25.2. The van der Waals surface area contributed by atoms with Gasteiger partial charge in [0.25, 0.3) is 11.8 Å². The number of hydrogen-bond donors (Lipinski definition) is 3. The highest BCUT2D eigenvalue weighted by atomic mass is 32.2. The fraction of sp³-hybridized carbons (Fsp3) is 0.360. The van der Waals surface area contributed by atoms with Gasteiger partial charge < -0.3 is 10.2 Å². The number of rotatable bonds is 6. The van der Waals surface area contributed by atoms with Crippen molar-refractivity contribution in [3.63, 3.8) is 0 Å². The first-order chi connectivity index (χ1) is 17.0. The van der Waals surface area contributed by atoms with E-state index in [-0.39, 0.29) is 11.6 Å². The highest BCUT2D eigenvalue weighted by Crippen LogP contribution is 2.29. The molecule has 188 valence electrons. The van der Waals surface area contributed by atoms with E-state index in [0.29, 0.717) is 35.7 Å². The number of aryl methyl sites for hydroxylation is 1. The molecule has 0 spiro atoms. The Morgan fingerprint density at radius 3 is 2.42 bits per heavy atom. The van der Waals surface area contributed by atoms with Gasteiger partial charge in [0, 0.05) is 18.7 Å². The van der Waals surface area contributed by atoms with Gasteiger partial charge in [0.05, 0.1) is 17.3 Å². The Bertz CT molecular complexity index is 1360. The van der Waals surface area contributed by atoms with E-state index in [1.54, 1.807) is 36.1 Å². The molecule has 11 heteroatoms. The van der Waals surface area contributed by atoms with Gasteiger partial charge in [0.2, 0.25) is 10.0 Å². The van der Waals surface area contributed by atoms with Crippen LogP contribution >= 0.6 is 0 Å². The summed E-state index contributed by atoms with van der Waals surface area (Å²) in [6.45, 7) is 4.17. The van der Waals surface area contributed by atoms with Crippen LogP contribution in [0.1, 0.15) is 52.7 Å². The first-order valence-electron chi connectivity index (χ1n) is 11.5. The Morgan fingerprint density at radius 1 is 1.17 bits per heavy atom. The minimum Gasteiger partial charge on any atom is -0.339 e. The molecule has 2 aromatic carbocycles. The third kappa shape index (κ3) is 5.33. The molecule has 2 aliphatic heterocycles. The summed E-state index contributed by atoms with van der Waals surface area (Å²) in [5.74, 6) is -1.26. The number of hydrogen-bond acceptors (Lipinski definition) is 6. The fourth-order valence-electron chi connectivity index (χ4n) is 4.56. The molecular formula is C25H27N5O5S. The van der Waals surface area contributed by atoms with E-state index < -0.39 is 33.3 Å². The third-order valence-corrected chi connectivity index (χ3v) is 8.13. The second-order valence-corrected chi connectivity index (χ2v) is 11.2. The van der Waals surface area contributed by atoms with E-state index in [0.717, 1.165) is 18.4 Å². The lowest BCUT2D eigenvalue weighted by Crippen LogP contribution is -2.50. The molecule has 0 saturated carbocycles.